The second kappa shape index (κ2) is 6.69. The summed E-state index contributed by atoms with van der Waals surface area (Å²) in [5.41, 5.74) is 6.36. The quantitative estimate of drug-likeness (QED) is 0.740. The predicted octanol–water partition coefficient (Wildman–Crippen LogP) is 2.63. The van der Waals surface area contributed by atoms with Gasteiger partial charge in [-0.1, -0.05) is 30.3 Å². The number of nitrogen functional groups attached to an aromatic ring is 1. The fourth-order valence-corrected chi connectivity index (χ4v) is 2.39. The van der Waals surface area contributed by atoms with Crippen LogP contribution in [0.5, 0.6) is 0 Å². The Kier molecular flexibility index (Phi) is 4.93. The van der Waals surface area contributed by atoms with Gasteiger partial charge in [-0.2, -0.15) is 0 Å². The summed E-state index contributed by atoms with van der Waals surface area (Å²) in [6.07, 6.45) is 0. The number of halogens is 2. The molecule has 21 heavy (non-hydrogen) atoms. The molecule has 0 saturated heterocycles. The molecule has 0 aliphatic heterocycles. The van der Waals surface area contributed by atoms with Crippen molar-refractivity contribution >= 4 is 27.5 Å². The van der Waals surface area contributed by atoms with Gasteiger partial charge in [0.2, 0.25) is 0 Å². The second-order valence-corrected chi connectivity index (χ2v) is 5.33. The Balaban J connectivity index is 2.23. The molecule has 0 saturated carbocycles. The van der Waals surface area contributed by atoms with Gasteiger partial charge >= 0.3 is 0 Å². The van der Waals surface area contributed by atoms with Gasteiger partial charge in [0.05, 0.1) is 23.9 Å². The molecule has 0 bridgehead atoms. The van der Waals surface area contributed by atoms with E-state index in [0.29, 0.717) is 4.47 Å². The molecule has 1 unspecified atom stereocenters. The average Bonchev–Trinajstić information content (AvgIpc) is 2.49. The van der Waals surface area contributed by atoms with Crippen LogP contribution >= 0.6 is 15.9 Å². The van der Waals surface area contributed by atoms with Crippen molar-refractivity contribution in [3.05, 3.63) is 63.9 Å². The van der Waals surface area contributed by atoms with E-state index in [1.807, 2.05) is 18.2 Å². The number of aliphatic hydroxyl groups excluding tert-OH is 1. The maximum atomic E-state index is 13.3. The van der Waals surface area contributed by atoms with Crippen molar-refractivity contribution in [1.82, 2.24) is 5.32 Å². The van der Waals surface area contributed by atoms with Crippen molar-refractivity contribution in [3.8, 4) is 0 Å². The predicted molar refractivity (Wildman–Crippen MR) is 82.2 cm³/mol. The van der Waals surface area contributed by atoms with E-state index in [0.717, 1.165) is 11.6 Å². The Morgan fingerprint density at radius 3 is 2.62 bits per heavy atom. The third-order valence-electron chi connectivity index (χ3n) is 3.02. The molecule has 4 N–H and O–H groups in total. The molecule has 2 aromatic rings. The van der Waals surface area contributed by atoms with Crippen molar-refractivity contribution < 1.29 is 14.3 Å². The number of nitrogens with one attached hydrogen (secondary N) is 1. The van der Waals surface area contributed by atoms with E-state index >= 15 is 0 Å². The van der Waals surface area contributed by atoms with Crippen molar-refractivity contribution in [2.45, 2.75) is 6.04 Å². The van der Waals surface area contributed by atoms with Crippen molar-refractivity contribution in [2.75, 3.05) is 12.3 Å². The maximum absolute atomic E-state index is 13.3. The number of hydrogen-bond donors (Lipinski definition) is 3. The van der Waals surface area contributed by atoms with E-state index in [-0.39, 0.29) is 17.9 Å². The first kappa shape index (κ1) is 15.5. The van der Waals surface area contributed by atoms with Crippen LogP contribution in [0.15, 0.2) is 46.9 Å². The van der Waals surface area contributed by atoms with E-state index in [2.05, 4.69) is 21.2 Å². The maximum Gasteiger partial charge on any atom is 0.253 e. The molecular formula is C15H14BrFN2O2. The Hall–Kier alpha value is -1.92. The summed E-state index contributed by atoms with van der Waals surface area (Å²) < 4.78 is 13.6. The first-order valence-electron chi connectivity index (χ1n) is 6.24. The van der Waals surface area contributed by atoms with Crippen LogP contribution in [0.25, 0.3) is 0 Å². The van der Waals surface area contributed by atoms with Crippen LogP contribution in [0.2, 0.25) is 0 Å². The first-order chi connectivity index (χ1) is 10.0. The molecule has 4 nitrogen and oxygen atoms in total. The number of rotatable bonds is 4. The number of aliphatic hydroxyl groups is 1. The van der Waals surface area contributed by atoms with E-state index in [1.165, 1.54) is 6.07 Å². The molecule has 0 aliphatic rings. The van der Waals surface area contributed by atoms with Crippen LogP contribution in [-0.4, -0.2) is 17.6 Å². The highest BCUT2D eigenvalue weighted by molar-refractivity contribution is 9.10. The molecule has 110 valence electrons. The topological polar surface area (TPSA) is 75.4 Å². The number of benzene rings is 2. The summed E-state index contributed by atoms with van der Waals surface area (Å²) in [6, 6.07) is 10.9. The third kappa shape index (κ3) is 3.59. The van der Waals surface area contributed by atoms with Gasteiger partial charge in [0, 0.05) is 4.47 Å². The van der Waals surface area contributed by atoms with Gasteiger partial charge in [-0.15, -0.1) is 0 Å². The van der Waals surface area contributed by atoms with Gasteiger partial charge in [-0.25, -0.2) is 4.39 Å². The molecule has 0 radical (unpaired) electrons. The Morgan fingerprint density at radius 1 is 1.33 bits per heavy atom. The average molecular weight is 353 g/mol. The fraction of sp³-hybridized carbons (Fsp3) is 0.133. The van der Waals surface area contributed by atoms with Gasteiger partial charge in [-0.3, -0.25) is 4.79 Å². The van der Waals surface area contributed by atoms with Gasteiger partial charge in [0.1, 0.15) is 5.82 Å². The molecule has 0 aliphatic carbocycles. The minimum atomic E-state index is -0.597. The largest absolute Gasteiger partial charge is 0.396 e. The van der Waals surface area contributed by atoms with Crippen molar-refractivity contribution in [2.24, 2.45) is 0 Å². The van der Waals surface area contributed by atoms with Gasteiger partial charge in [0.25, 0.3) is 5.91 Å². The lowest BCUT2D eigenvalue weighted by molar-refractivity contribution is 0.0915. The molecule has 1 amide bonds. The third-order valence-corrected chi connectivity index (χ3v) is 3.68. The molecule has 0 heterocycles. The number of carbonyl (C=O) groups excluding carboxylic acids is 1. The second-order valence-electron chi connectivity index (χ2n) is 4.47. The normalized spacial score (nSPS) is 12.0. The summed E-state index contributed by atoms with van der Waals surface area (Å²) in [4.78, 5) is 12.2. The zero-order chi connectivity index (χ0) is 15.4. The highest BCUT2D eigenvalue weighted by atomic mass is 79.9. The van der Waals surface area contributed by atoms with Crippen molar-refractivity contribution in [1.29, 1.82) is 0 Å². The Labute approximate surface area is 129 Å². The lowest BCUT2D eigenvalue weighted by Gasteiger charge is -2.17. The smallest absolute Gasteiger partial charge is 0.253 e. The molecule has 0 fully saturated rings. The molecule has 6 heteroatoms. The highest BCUT2D eigenvalue weighted by Gasteiger charge is 2.18. The molecule has 2 aromatic carbocycles. The lowest BCUT2D eigenvalue weighted by atomic mass is 10.1. The molecular weight excluding hydrogens is 339 g/mol. The summed E-state index contributed by atoms with van der Waals surface area (Å²) in [5.74, 6) is -1.04. The van der Waals surface area contributed by atoms with Gasteiger partial charge < -0.3 is 16.2 Å². The van der Waals surface area contributed by atoms with Crippen LogP contribution in [0, 0.1) is 5.82 Å². The minimum absolute atomic E-state index is 0.108. The molecule has 0 spiro atoms. The Bertz CT molecular complexity index is 650. The molecule has 0 aromatic heterocycles. The summed E-state index contributed by atoms with van der Waals surface area (Å²) >= 11 is 3.13. The summed E-state index contributed by atoms with van der Waals surface area (Å²) in [7, 11) is 0. The van der Waals surface area contributed by atoms with E-state index < -0.39 is 17.8 Å². The molecule has 1 atom stereocenters. The monoisotopic (exact) mass is 352 g/mol. The van der Waals surface area contributed by atoms with Crippen LogP contribution in [0.4, 0.5) is 10.1 Å². The zero-order valence-corrected chi connectivity index (χ0v) is 12.6. The number of anilines is 1. The summed E-state index contributed by atoms with van der Waals surface area (Å²) in [5, 5.41) is 12.1. The zero-order valence-electron chi connectivity index (χ0n) is 11.0. The fourth-order valence-electron chi connectivity index (χ4n) is 1.90. The molecule has 2 rings (SSSR count). The minimum Gasteiger partial charge on any atom is -0.396 e. The van der Waals surface area contributed by atoms with Crippen LogP contribution < -0.4 is 11.1 Å². The van der Waals surface area contributed by atoms with Crippen molar-refractivity contribution in [3.63, 3.8) is 0 Å². The van der Waals surface area contributed by atoms with Gasteiger partial charge in [-0.05, 0) is 33.6 Å². The summed E-state index contributed by atoms with van der Waals surface area (Å²) in [6.45, 7) is -0.246. The SMILES string of the molecule is Nc1cc(C(=O)NC(CO)c2ccccc2)c(Br)cc1F. The number of hydrogen-bond acceptors (Lipinski definition) is 3. The van der Waals surface area contributed by atoms with E-state index in [1.54, 1.807) is 12.1 Å². The van der Waals surface area contributed by atoms with E-state index in [4.69, 9.17) is 5.73 Å². The van der Waals surface area contributed by atoms with Crippen LogP contribution in [-0.2, 0) is 0 Å². The van der Waals surface area contributed by atoms with E-state index in [9.17, 15) is 14.3 Å². The number of nitrogens with two attached hydrogens (primary N) is 1. The number of amides is 1. The van der Waals surface area contributed by atoms with Gasteiger partial charge in [0.15, 0.2) is 0 Å². The standard InChI is InChI=1S/C15H14BrFN2O2/c16-11-7-12(17)13(18)6-10(11)15(21)19-14(8-20)9-4-2-1-3-5-9/h1-7,14,20H,8,18H2,(H,19,21). The Morgan fingerprint density at radius 2 is 2.00 bits per heavy atom. The first-order valence-corrected chi connectivity index (χ1v) is 7.03. The number of carbonyl (C=O) groups is 1. The highest BCUT2D eigenvalue weighted by Crippen LogP contribution is 2.23. The van der Waals surface area contributed by atoms with Crippen LogP contribution in [0.3, 0.4) is 0 Å². The van der Waals surface area contributed by atoms with Crippen LogP contribution in [0.1, 0.15) is 22.0 Å². The lowest BCUT2D eigenvalue weighted by Crippen LogP contribution is -2.31.